The van der Waals surface area contributed by atoms with Crippen molar-refractivity contribution in [1.29, 1.82) is 0 Å². The second-order valence-corrected chi connectivity index (χ2v) is 32.9. The number of carbonyl (C=O) groups excluding carboxylic acids is 5. The lowest BCUT2D eigenvalue weighted by atomic mass is 9.88. The Balaban J connectivity index is 0.893. The summed E-state index contributed by atoms with van der Waals surface area (Å²) in [5.41, 5.74) is 0. The fourth-order valence-corrected chi connectivity index (χ4v) is 16.7. The number of hydrogen-bond donors (Lipinski definition) is 36. The Morgan fingerprint density at radius 3 is 1.06 bits per heavy atom. The third kappa shape index (κ3) is 25.5. The quantitative estimate of drug-likeness (QED) is 0.0270. The van der Waals surface area contributed by atoms with Crippen LogP contribution in [0.1, 0.15) is 34.1 Å². The zero-order valence-corrected chi connectivity index (χ0v) is 71.1. The maximum absolute atomic E-state index is 13.2. The summed E-state index contributed by atoms with van der Waals surface area (Å²) in [5.74, 6) is -10.7. The molecule has 0 saturated carbocycles. The number of aliphatic hydroxyl groups excluding tert-OH is 30. The van der Waals surface area contributed by atoms with Crippen molar-refractivity contribution in [3.05, 3.63) is 0 Å². The van der Waals surface area contributed by atoms with E-state index in [0.717, 1.165) is 27.7 Å². The standard InChI is InChI=1S/C73H123N5O55/c1-18(90)74-22(6-79)55(40(99)25(96)17-116-64-36(75-19(2)91)46(105)56(31(13-86)122-64)126-70-53(112)62(44(103)29(11-84)120-70)131-67-50(109)49(108)41(100)26(8-81)117-67)125-68-51(110)60(42(101)27(9-82)118-68)129-65-37(76-20(3)92)47(106)57(32(14-87)123-65)127-69-52(111)61(43(102)28(10-83)119-69)130-66-38(77-21(4)93)48(107)58(33(15-88)124-66)128-71-54(113)63(45(104)30(12-85)121-71)133-73(72(114)115)5-23(94)35(78-34(97)16-89)59(132-73)39(98)24(95)7-80/h22-33,35-71,79-89,94-96,98-113H,5-17H2,1-4H3,(H,74,90)(H,75,91)(H,76,92)(H,77,93)(H,78,97)(H,114,115)/t22-,23-,24+,25+,26+,27+,28+,29+,30+,31+,32+,33+,35+,36+,37+,38+,39+,40-,41-,42-,43-,44-,45-,46+,47+,48+,49-,50+,51+,52+,53+,54+,55+,56+,57+,58+,59+,60-,61-,62-,63-,64+,65-,66-,67?,68-,69-,70?,71?,73-/m0/s1. The fourth-order valence-electron chi connectivity index (χ4n) is 16.7. The minimum Gasteiger partial charge on any atom is -0.477 e. The van der Waals surface area contributed by atoms with Gasteiger partial charge >= 0.3 is 5.97 Å². The van der Waals surface area contributed by atoms with Crippen LogP contribution in [0.25, 0.3) is 0 Å². The minimum absolute atomic E-state index is 0.882. The first-order valence-electron chi connectivity index (χ1n) is 41.9. The molecule has 0 aliphatic carbocycles. The molecule has 9 saturated heterocycles. The van der Waals surface area contributed by atoms with Gasteiger partial charge in [-0.1, -0.05) is 0 Å². The number of aliphatic carboxylic acids is 1. The molecule has 0 aromatic rings. The topological polar surface area (TPSA) is 956 Å². The third-order valence-corrected chi connectivity index (χ3v) is 23.6. The largest absolute Gasteiger partial charge is 0.477 e. The van der Waals surface area contributed by atoms with Gasteiger partial charge in [0, 0.05) is 34.1 Å². The van der Waals surface area contributed by atoms with Crippen LogP contribution in [0.5, 0.6) is 0 Å². The Morgan fingerprint density at radius 2 is 0.692 bits per heavy atom. The number of carboxylic acids is 1. The van der Waals surface area contributed by atoms with Crippen molar-refractivity contribution in [3.63, 3.8) is 0 Å². The molecule has 9 heterocycles. The Hall–Kier alpha value is -5.10. The molecule has 0 spiro atoms. The van der Waals surface area contributed by atoms with Crippen LogP contribution in [0.2, 0.25) is 0 Å². The monoisotopic (exact) mass is 1950 g/mol. The molecule has 9 aliphatic heterocycles. The van der Waals surface area contributed by atoms with Crippen LogP contribution < -0.4 is 26.6 Å². The number of amides is 5. The van der Waals surface area contributed by atoms with Crippen molar-refractivity contribution in [2.45, 2.75) is 340 Å². The summed E-state index contributed by atoms with van der Waals surface area (Å²) in [6.45, 7) is -10.5. The molecule has 9 aliphatic rings. The van der Waals surface area contributed by atoms with E-state index in [9.17, 15) is 187 Å². The first kappa shape index (κ1) is 112. The maximum atomic E-state index is 13.2. The molecule has 770 valence electrons. The third-order valence-electron chi connectivity index (χ3n) is 23.6. The molecule has 36 N–H and O–H groups in total. The Labute approximate surface area is 751 Å². The van der Waals surface area contributed by atoms with Gasteiger partial charge in [-0.05, 0) is 0 Å². The number of rotatable bonds is 41. The summed E-state index contributed by atoms with van der Waals surface area (Å²) in [4.78, 5) is 77.1. The predicted octanol–water partition coefficient (Wildman–Crippen LogP) is -24.3. The summed E-state index contributed by atoms with van der Waals surface area (Å²) in [5, 5.41) is 354. The summed E-state index contributed by atoms with van der Waals surface area (Å²) in [7, 11) is 0. The van der Waals surface area contributed by atoms with E-state index in [2.05, 4.69) is 26.6 Å². The number of carbonyl (C=O) groups is 6. The molecular formula is C73H123N5O55. The van der Waals surface area contributed by atoms with Gasteiger partial charge in [-0.2, -0.15) is 0 Å². The van der Waals surface area contributed by atoms with Gasteiger partial charge < -0.3 is 270 Å². The van der Waals surface area contributed by atoms with Gasteiger partial charge in [0.15, 0.2) is 50.3 Å². The smallest absolute Gasteiger partial charge is 0.364 e. The van der Waals surface area contributed by atoms with Gasteiger partial charge in [0.05, 0.1) is 90.9 Å². The molecule has 9 rings (SSSR count). The number of nitrogens with one attached hydrogen (secondary N) is 5. The van der Waals surface area contributed by atoms with Crippen LogP contribution >= 0.6 is 0 Å². The Morgan fingerprint density at radius 1 is 0.353 bits per heavy atom. The van der Waals surface area contributed by atoms with Crippen molar-refractivity contribution in [2.24, 2.45) is 0 Å². The molecule has 60 heteroatoms. The van der Waals surface area contributed by atoms with E-state index < -0.39 is 427 Å². The summed E-state index contributed by atoms with van der Waals surface area (Å²) in [6.07, 6.45) is -96.6. The average Bonchev–Trinajstić information content (AvgIpc) is 0.745. The molecule has 60 nitrogen and oxygen atoms in total. The first-order valence-corrected chi connectivity index (χ1v) is 41.9. The van der Waals surface area contributed by atoms with Crippen LogP contribution in [-0.2, 0) is 114 Å². The van der Waals surface area contributed by atoms with Crippen LogP contribution in [0.15, 0.2) is 0 Å². The fraction of sp³-hybridized carbons (Fsp3) is 0.918. The molecule has 0 aromatic heterocycles. The lowest BCUT2D eigenvalue weighted by Crippen LogP contribution is -2.71. The SMILES string of the molecule is CC(=O)N[C@H]1[C@H](OC[C@@H](O)[C@H](O)[C@H](O[C@@H]2O[C@H](CO)[C@H](O)[C@H](O[C@@H]3O[C@H](CO)[C@@H](O[C@@H]4O[C@H](CO)[C@H](O)[C@H](O[C@@H]5O[C@H](CO)[C@@H](OC6O[C@H](CO)[C@H](O)[C@H](O[C@]7(C(=O)O)C[C@H](O)[C@@H](NC(=O)CO)[C@H]([C@H](O)[C@H](O)CO)O7)[C@H]6O)[C@H](O)[C@H]5NC(C)=O)[C@H]4O)[C@H](O)[C@H]3NC(C)=O)[C@H]2O)[C@H](CO)NC(C)=O)O[C@H](CO)[C@@H](OC2O[C@H](CO)[C@H](O)[C@H](OC3O[C@H](CO)[C@H](O)[C@H](O)[C@H]3O)[C@H]2O)[C@@H]1O. The van der Waals surface area contributed by atoms with Crippen molar-refractivity contribution in [1.82, 2.24) is 26.6 Å². The molecule has 3 unspecified atom stereocenters. The van der Waals surface area contributed by atoms with E-state index in [-0.39, 0.29) is 0 Å². The summed E-state index contributed by atoms with van der Waals surface area (Å²) in [6, 6.07) is -9.71. The molecule has 5 amide bonds. The van der Waals surface area contributed by atoms with Gasteiger partial charge in [0.1, 0.15) is 238 Å². The van der Waals surface area contributed by atoms with E-state index >= 15 is 0 Å². The lowest BCUT2D eigenvalue weighted by Gasteiger charge is -2.51. The highest BCUT2D eigenvalue weighted by atomic mass is 16.8. The highest BCUT2D eigenvalue weighted by Crippen LogP contribution is 2.42. The summed E-state index contributed by atoms with van der Waals surface area (Å²) < 4.78 is 104. The number of aliphatic hydroxyl groups is 30. The molecule has 50 atom stereocenters. The van der Waals surface area contributed by atoms with E-state index in [0.29, 0.717) is 0 Å². The lowest BCUT2D eigenvalue weighted by molar-refractivity contribution is -0.391. The molecule has 0 aromatic carbocycles. The van der Waals surface area contributed by atoms with E-state index in [1.807, 2.05) is 0 Å². The van der Waals surface area contributed by atoms with Gasteiger partial charge in [0.25, 0.3) is 5.79 Å². The Bertz CT molecular complexity index is 3650. The van der Waals surface area contributed by atoms with Crippen LogP contribution in [0, 0.1) is 0 Å². The van der Waals surface area contributed by atoms with Crippen molar-refractivity contribution in [3.8, 4) is 0 Å². The second-order valence-electron chi connectivity index (χ2n) is 32.9. The van der Waals surface area contributed by atoms with Crippen LogP contribution in [0.4, 0.5) is 0 Å². The van der Waals surface area contributed by atoms with Gasteiger partial charge in [-0.15, -0.1) is 0 Å². The predicted molar refractivity (Wildman–Crippen MR) is 409 cm³/mol. The van der Waals surface area contributed by atoms with E-state index in [1.54, 1.807) is 0 Å². The first-order chi connectivity index (χ1) is 62.8. The van der Waals surface area contributed by atoms with Crippen molar-refractivity contribution >= 4 is 35.5 Å². The van der Waals surface area contributed by atoms with Gasteiger partial charge in [-0.3, -0.25) is 24.0 Å². The Kier molecular flexibility index (Phi) is 41.4. The normalized spacial score (nSPS) is 44.5. The highest BCUT2D eigenvalue weighted by molar-refractivity contribution is 5.78. The maximum Gasteiger partial charge on any atom is 0.364 e. The van der Waals surface area contributed by atoms with Crippen molar-refractivity contribution < 1.29 is 272 Å². The zero-order valence-electron chi connectivity index (χ0n) is 71.1. The molecule has 0 bridgehead atoms. The van der Waals surface area contributed by atoms with E-state index in [1.165, 1.54) is 0 Å². The minimum atomic E-state index is -3.35. The summed E-state index contributed by atoms with van der Waals surface area (Å²) >= 11 is 0. The highest BCUT2D eigenvalue weighted by Gasteiger charge is 2.64. The van der Waals surface area contributed by atoms with Crippen LogP contribution in [0.3, 0.4) is 0 Å². The van der Waals surface area contributed by atoms with Crippen molar-refractivity contribution in [2.75, 3.05) is 79.3 Å². The molecule has 9 fully saturated rings. The van der Waals surface area contributed by atoms with E-state index in [4.69, 9.17) is 85.3 Å². The van der Waals surface area contributed by atoms with Crippen LogP contribution in [-0.4, -0.2) is 579 Å². The molecular weight excluding hydrogens is 1830 g/mol. The number of carboxylic acid groups (broad SMARTS) is 1. The average molecular weight is 1950 g/mol. The molecule has 133 heavy (non-hydrogen) atoms. The zero-order chi connectivity index (χ0) is 98.7. The molecule has 0 radical (unpaired) electrons. The number of ether oxygens (including phenoxy) is 18. The second kappa shape index (κ2) is 49.3. The number of hydrogen-bond acceptors (Lipinski definition) is 54. The van der Waals surface area contributed by atoms with Gasteiger partial charge in [-0.25, -0.2) is 4.79 Å². The van der Waals surface area contributed by atoms with Gasteiger partial charge in [0.2, 0.25) is 29.5 Å².